The molecule has 2 nitrogen and oxygen atoms in total. The molecular weight excluding hydrogens is 398 g/mol. The molecule has 0 saturated carbocycles. The van der Waals surface area contributed by atoms with Crippen LogP contribution in [0.1, 0.15) is 0 Å². The van der Waals surface area contributed by atoms with Crippen LogP contribution in [0.3, 0.4) is 0 Å². The van der Waals surface area contributed by atoms with Crippen LogP contribution < -0.4 is 5.32 Å². The highest BCUT2D eigenvalue weighted by atomic mass is 32.1. The fraction of sp³-hybridized carbons (Fsp3) is 0. The fourth-order valence-electron chi connectivity index (χ4n) is 4.55. The minimum Gasteiger partial charge on any atom is -0.455 e. The molecule has 0 bridgehead atoms. The van der Waals surface area contributed by atoms with Crippen molar-refractivity contribution in [1.29, 1.82) is 0 Å². The summed E-state index contributed by atoms with van der Waals surface area (Å²) in [6.45, 7) is 0. The number of thiophene rings is 1. The zero-order valence-electron chi connectivity index (χ0n) is 16.6. The molecule has 3 heteroatoms. The first kappa shape index (κ1) is 16.9. The largest absolute Gasteiger partial charge is 0.455 e. The Morgan fingerprint density at radius 3 is 2.19 bits per heavy atom. The Bertz CT molecular complexity index is 1770. The van der Waals surface area contributed by atoms with Crippen molar-refractivity contribution in [3.8, 4) is 0 Å². The normalized spacial score (nSPS) is 11.9. The van der Waals surface area contributed by atoms with E-state index in [1.54, 1.807) is 0 Å². The number of rotatable bonds is 2. The molecule has 7 aromatic rings. The fourth-order valence-corrected chi connectivity index (χ4v) is 5.70. The molecule has 0 aliphatic carbocycles. The van der Waals surface area contributed by atoms with Crippen LogP contribution in [0, 0.1) is 0 Å². The lowest BCUT2D eigenvalue weighted by molar-refractivity contribution is 0.673. The maximum atomic E-state index is 6.32. The van der Waals surface area contributed by atoms with Gasteiger partial charge in [0, 0.05) is 53.8 Å². The Kier molecular flexibility index (Phi) is 3.46. The van der Waals surface area contributed by atoms with Gasteiger partial charge in [0.2, 0.25) is 0 Å². The number of hydrogen-bond acceptors (Lipinski definition) is 3. The molecule has 1 N–H and O–H groups in total. The minimum atomic E-state index is 0.902. The van der Waals surface area contributed by atoms with E-state index < -0.39 is 0 Å². The average Bonchev–Trinajstić information content (AvgIpc) is 3.36. The molecule has 0 spiro atoms. The van der Waals surface area contributed by atoms with Crippen molar-refractivity contribution < 1.29 is 4.42 Å². The smallest absolute Gasteiger partial charge is 0.143 e. The van der Waals surface area contributed by atoms with Crippen molar-refractivity contribution >= 4 is 75.6 Å². The van der Waals surface area contributed by atoms with E-state index >= 15 is 0 Å². The summed E-state index contributed by atoms with van der Waals surface area (Å²) in [6.07, 6.45) is 0. The summed E-state index contributed by atoms with van der Waals surface area (Å²) in [5.41, 5.74) is 3.97. The van der Waals surface area contributed by atoms with Crippen LogP contribution in [0.25, 0.3) is 52.9 Å². The zero-order chi connectivity index (χ0) is 20.4. The van der Waals surface area contributed by atoms with E-state index in [4.69, 9.17) is 4.42 Å². The summed E-state index contributed by atoms with van der Waals surface area (Å²) < 4.78 is 8.93. The van der Waals surface area contributed by atoms with E-state index in [1.165, 1.54) is 25.6 Å². The lowest BCUT2D eigenvalue weighted by Crippen LogP contribution is -1.89. The molecule has 2 aromatic heterocycles. The Hall–Kier alpha value is -3.82. The molecule has 0 aliphatic rings. The molecule has 5 aromatic carbocycles. The van der Waals surface area contributed by atoms with Gasteiger partial charge in [0.1, 0.15) is 11.2 Å². The Morgan fingerprint density at radius 1 is 0.548 bits per heavy atom. The lowest BCUT2D eigenvalue weighted by atomic mass is 10.1. The van der Waals surface area contributed by atoms with Gasteiger partial charge in [-0.25, -0.2) is 0 Å². The van der Waals surface area contributed by atoms with Gasteiger partial charge in [-0.15, -0.1) is 11.3 Å². The number of hydrogen-bond donors (Lipinski definition) is 1. The highest BCUT2D eigenvalue weighted by Gasteiger charge is 2.11. The van der Waals surface area contributed by atoms with E-state index in [0.717, 1.165) is 38.7 Å². The van der Waals surface area contributed by atoms with E-state index in [2.05, 4.69) is 102 Å². The SMILES string of the molecule is c1ccc2c(c1)ccc1c3ccc(Nc4ccc5c(c4)sc4ccccc45)cc3oc21. The minimum absolute atomic E-state index is 0.902. The summed E-state index contributed by atoms with van der Waals surface area (Å²) in [7, 11) is 0. The third-order valence-corrected chi connectivity index (χ3v) is 7.16. The predicted molar refractivity (Wildman–Crippen MR) is 134 cm³/mol. The number of furan rings is 1. The average molecular weight is 416 g/mol. The first-order chi connectivity index (χ1) is 15.3. The van der Waals surface area contributed by atoms with Crippen molar-refractivity contribution in [1.82, 2.24) is 0 Å². The number of anilines is 2. The monoisotopic (exact) mass is 415 g/mol. The summed E-state index contributed by atoms with van der Waals surface area (Å²) in [5, 5.41) is 10.9. The van der Waals surface area contributed by atoms with Crippen LogP contribution in [0.2, 0.25) is 0 Å². The zero-order valence-corrected chi connectivity index (χ0v) is 17.4. The van der Waals surface area contributed by atoms with Crippen LogP contribution in [0.15, 0.2) is 101 Å². The van der Waals surface area contributed by atoms with Crippen LogP contribution >= 0.6 is 11.3 Å². The van der Waals surface area contributed by atoms with Gasteiger partial charge in [0.25, 0.3) is 0 Å². The second-order valence-electron chi connectivity index (χ2n) is 7.91. The number of fused-ring (bicyclic) bond motifs is 8. The van der Waals surface area contributed by atoms with Gasteiger partial charge in [0.05, 0.1) is 0 Å². The third-order valence-electron chi connectivity index (χ3n) is 6.03. The van der Waals surface area contributed by atoms with Crippen molar-refractivity contribution in [2.45, 2.75) is 0 Å². The molecule has 0 atom stereocenters. The molecular formula is C28H17NOS. The quantitative estimate of drug-likeness (QED) is 0.305. The predicted octanol–water partition coefficient (Wildman–Crippen LogP) is 8.85. The first-order valence-corrected chi connectivity index (χ1v) is 11.2. The summed E-state index contributed by atoms with van der Waals surface area (Å²) in [4.78, 5) is 0. The molecule has 0 fully saturated rings. The van der Waals surface area contributed by atoms with Gasteiger partial charge in [-0.1, -0.05) is 54.6 Å². The van der Waals surface area contributed by atoms with Crippen LogP contribution in [0.4, 0.5) is 11.4 Å². The number of nitrogens with one attached hydrogen (secondary N) is 1. The molecule has 0 aliphatic heterocycles. The second-order valence-corrected chi connectivity index (χ2v) is 8.99. The van der Waals surface area contributed by atoms with Crippen molar-refractivity contribution in [2.75, 3.05) is 5.32 Å². The summed E-state index contributed by atoms with van der Waals surface area (Å²) >= 11 is 1.83. The van der Waals surface area contributed by atoms with Gasteiger partial charge in [-0.3, -0.25) is 0 Å². The molecule has 0 saturated heterocycles. The van der Waals surface area contributed by atoms with E-state index in [1.807, 2.05) is 11.3 Å². The van der Waals surface area contributed by atoms with E-state index in [9.17, 15) is 0 Å². The molecule has 146 valence electrons. The van der Waals surface area contributed by atoms with Crippen LogP contribution in [-0.4, -0.2) is 0 Å². The van der Waals surface area contributed by atoms with Crippen LogP contribution in [-0.2, 0) is 0 Å². The van der Waals surface area contributed by atoms with E-state index in [0.29, 0.717) is 0 Å². The van der Waals surface area contributed by atoms with Crippen LogP contribution in [0.5, 0.6) is 0 Å². The molecule has 7 rings (SSSR count). The highest BCUT2D eigenvalue weighted by molar-refractivity contribution is 7.25. The Balaban J connectivity index is 1.32. The standard InChI is InChI=1S/C28H17NOS/c1-2-6-20-17(5-1)9-12-24-21-13-10-18(15-25(21)30-28(20)24)29-19-11-14-23-22-7-3-4-8-26(22)31-27(23)16-19/h1-16,29H. The van der Waals surface area contributed by atoms with Crippen molar-refractivity contribution in [3.05, 3.63) is 97.1 Å². The molecule has 0 radical (unpaired) electrons. The maximum Gasteiger partial charge on any atom is 0.143 e. The van der Waals surface area contributed by atoms with Gasteiger partial charge in [0.15, 0.2) is 0 Å². The molecule has 0 unspecified atom stereocenters. The Labute approximate surface area is 182 Å². The summed E-state index contributed by atoms with van der Waals surface area (Å²) in [6, 6.07) is 34.2. The van der Waals surface area contributed by atoms with E-state index in [-0.39, 0.29) is 0 Å². The lowest BCUT2D eigenvalue weighted by Gasteiger charge is -2.06. The van der Waals surface area contributed by atoms with Gasteiger partial charge in [-0.05, 0) is 41.8 Å². The maximum absolute atomic E-state index is 6.32. The molecule has 0 amide bonds. The van der Waals surface area contributed by atoms with Crippen molar-refractivity contribution in [2.24, 2.45) is 0 Å². The van der Waals surface area contributed by atoms with Gasteiger partial charge in [-0.2, -0.15) is 0 Å². The van der Waals surface area contributed by atoms with Gasteiger partial charge < -0.3 is 9.73 Å². The number of benzene rings is 5. The first-order valence-electron chi connectivity index (χ1n) is 10.4. The third kappa shape index (κ3) is 2.57. The molecule has 2 heterocycles. The summed E-state index contributed by atoms with van der Waals surface area (Å²) in [5.74, 6) is 0. The Morgan fingerprint density at radius 2 is 1.26 bits per heavy atom. The second kappa shape index (κ2) is 6.34. The van der Waals surface area contributed by atoms with Gasteiger partial charge >= 0.3 is 0 Å². The topological polar surface area (TPSA) is 25.2 Å². The highest BCUT2D eigenvalue weighted by Crippen LogP contribution is 2.37. The molecule has 31 heavy (non-hydrogen) atoms. The van der Waals surface area contributed by atoms with Crippen molar-refractivity contribution in [3.63, 3.8) is 0 Å².